The quantitative estimate of drug-likeness (QED) is 0.624. The van der Waals surface area contributed by atoms with Crippen LogP contribution in [-0.4, -0.2) is 29.6 Å². The van der Waals surface area contributed by atoms with Gasteiger partial charge in [0.25, 0.3) is 0 Å². The molecule has 0 spiro atoms. The topological polar surface area (TPSA) is 92.4 Å². The van der Waals surface area contributed by atoms with Crippen LogP contribution in [0.3, 0.4) is 0 Å². The van der Waals surface area contributed by atoms with Crippen molar-refractivity contribution in [2.75, 3.05) is 6.54 Å². The van der Waals surface area contributed by atoms with Gasteiger partial charge in [-0.15, -0.1) is 0 Å². The number of carboxylic acid groups (broad SMARTS) is 1. The molecule has 5 nitrogen and oxygen atoms in total. The normalized spacial score (nSPS) is 25.0. The SMILES string of the molecule is NCCCC(=O)NC1CCCCCC1C(=O)O. The van der Waals surface area contributed by atoms with Gasteiger partial charge in [-0.1, -0.05) is 19.3 Å². The Bertz CT molecular complexity index is 268. The minimum absolute atomic E-state index is 0.0754. The number of nitrogens with one attached hydrogen (secondary N) is 1. The summed E-state index contributed by atoms with van der Waals surface area (Å²) in [5.41, 5.74) is 5.34. The van der Waals surface area contributed by atoms with E-state index in [1.54, 1.807) is 0 Å². The van der Waals surface area contributed by atoms with E-state index in [-0.39, 0.29) is 11.9 Å². The second-order valence-electron chi connectivity index (χ2n) is 4.65. The summed E-state index contributed by atoms with van der Waals surface area (Å²) < 4.78 is 0. The molecular formula is C12H22N2O3. The minimum Gasteiger partial charge on any atom is -0.481 e. The molecule has 1 fully saturated rings. The van der Waals surface area contributed by atoms with Crippen LogP contribution in [0.1, 0.15) is 44.9 Å². The van der Waals surface area contributed by atoms with E-state index in [1.807, 2.05) is 0 Å². The number of carbonyl (C=O) groups is 2. The lowest BCUT2D eigenvalue weighted by molar-refractivity contribution is -0.143. The molecule has 17 heavy (non-hydrogen) atoms. The summed E-state index contributed by atoms with van der Waals surface area (Å²) in [6, 6.07) is -0.208. The first-order valence-electron chi connectivity index (χ1n) is 6.37. The van der Waals surface area contributed by atoms with Crippen LogP contribution in [0.25, 0.3) is 0 Å². The zero-order valence-electron chi connectivity index (χ0n) is 10.2. The molecule has 1 amide bonds. The van der Waals surface area contributed by atoms with Crippen molar-refractivity contribution >= 4 is 11.9 Å². The Hall–Kier alpha value is -1.10. The fourth-order valence-corrected chi connectivity index (χ4v) is 2.32. The summed E-state index contributed by atoms with van der Waals surface area (Å²) in [7, 11) is 0. The molecule has 2 atom stereocenters. The van der Waals surface area contributed by atoms with E-state index in [1.165, 1.54) is 0 Å². The van der Waals surface area contributed by atoms with Gasteiger partial charge in [-0.25, -0.2) is 0 Å². The first kappa shape index (κ1) is 14.0. The standard InChI is InChI=1S/C12H22N2O3/c13-8-4-7-11(15)14-10-6-3-1-2-5-9(10)12(16)17/h9-10H,1-8,13H2,(H,14,15)(H,16,17). The van der Waals surface area contributed by atoms with Crippen LogP contribution >= 0.6 is 0 Å². The van der Waals surface area contributed by atoms with E-state index in [4.69, 9.17) is 10.8 Å². The van der Waals surface area contributed by atoms with Crippen molar-refractivity contribution in [2.45, 2.75) is 51.0 Å². The smallest absolute Gasteiger partial charge is 0.308 e. The third-order valence-corrected chi connectivity index (χ3v) is 3.29. The van der Waals surface area contributed by atoms with Crippen LogP contribution in [0.5, 0.6) is 0 Å². The number of hydrogen-bond donors (Lipinski definition) is 3. The highest BCUT2D eigenvalue weighted by molar-refractivity contribution is 5.78. The van der Waals surface area contributed by atoms with E-state index in [9.17, 15) is 9.59 Å². The fraction of sp³-hybridized carbons (Fsp3) is 0.833. The molecule has 5 heteroatoms. The maximum atomic E-state index is 11.6. The summed E-state index contributed by atoms with van der Waals surface area (Å²) in [5, 5.41) is 12.0. The number of carboxylic acids is 1. The van der Waals surface area contributed by atoms with Crippen LogP contribution in [-0.2, 0) is 9.59 Å². The number of amides is 1. The zero-order valence-corrected chi connectivity index (χ0v) is 10.2. The van der Waals surface area contributed by atoms with Crippen molar-refractivity contribution in [1.82, 2.24) is 5.32 Å². The lowest BCUT2D eigenvalue weighted by Crippen LogP contribution is -2.42. The van der Waals surface area contributed by atoms with Crippen molar-refractivity contribution in [3.05, 3.63) is 0 Å². The van der Waals surface area contributed by atoms with Gasteiger partial charge in [0.2, 0.25) is 5.91 Å². The van der Waals surface area contributed by atoms with Gasteiger partial charge in [0, 0.05) is 12.5 Å². The summed E-state index contributed by atoms with van der Waals surface area (Å²) in [5.74, 6) is -1.30. The van der Waals surface area contributed by atoms with Gasteiger partial charge in [-0.2, -0.15) is 0 Å². The van der Waals surface area contributed by atoms with E-state index in [0.717, 1.165) is 25.7 Å². The molecular weight excluding hydrogens is 220 g/mol. The molecule has 0 aliphatic heterocycles. The molecule has 0 heterocycles. The molecule has 98 valence electrons. The van der Waals surface area contributed by atoms with Crippen molar-refractivity contribution in [3.63, 3.8) is 0 Å². The Kier molecular flexibility index (Phi) is 5.97. The average Bonchev–Trinajstić information content (AvgIpc) is 2.51. The maximum absolute atomic E-state index is 11.6. The number of rotatable bonds is 5. The highest BCUT2D eigenvalue weighted by Gasteiger charge is 2.30. The molecule has 0 aromatic carbocycles. The van der Waals surface area contributed by atoms with E-state index >= 15 is 0 Å². The second kappa shape index (κ2) is 7.27. The molecule has 0 bridgehead atoms. The number of hydrogen-bond acceptors (Lipinski definition) is 3. The molecule has 1 rings (SSSR count). The predicted molar refractivity (Wildman–Crippen MR) is 64.4 cm³/mol. The highest BCUT2D eigenvalue weighted by Crippen LogP contribution is 2.23. The van der Waals surface area contributed by atoms with Gasteiger partial charge >= 0.3 is 5.97 Å². The third kappa shape index (κ3) is 4.73. The average molecular weight is 242 g/mol. The summed E-state index contributed by atoms with van der Waals surface area (Å²) >= 11 is 0. The van der Waals surface area contributed by atoms with Crippen LogP contribution < -0.4 is 11.1 Å². The summed E-state index contributed by atoms with van der Waals surface area (Å²) in [6.07, 6.45) is 5.45. The second-order valence-corrected chi connectivity index (χ2v) is 4.65. The molecule has 2 unspecified atom stereocenters. The third-order valence-electron chi connectivity index (χ3n) is 3.29. The Morgan fingerprint density at radius 3 is 2.59 bits per heavy atom. The molecule has 1 saturated carbocycles. The molecule has 0 radical (unpaired) electrons. The van der Waals surface area contributed by atoms with Crippen molar-refractivity contribution in [1.29, 1.82) is 0 Å². The molecule has 0 saturated heterocycles. The lowest BCUT2D eigenvalue weighted by Gasteiger charge is -2.22. The summed E-state index contributed by atoms with van der Waals surface area (Å²) in [6.45, 7) is 0.487. The Morgan fingerprint density at radius 2 is 1.94 bits per heavy atom. The molecule has 4 N–H and O–H groups in total. The molecule has 0 aromatic rings. The summed E-state index contributed by atoms with van der Waals surface area (Å²) in [4.78, 5) is 22.7. The van der Waals surface area contributed by atoms with Crippen LogP contribution in [0.15, 0.2) is 0 Å². The van der Waals surface area contributed by atoms with Crippen LogP contribution in [0.2, 0.25) is 0 Å². The first-order valence-corrected chi connectivity index (χ1v) is 6.37. The van der Waals surface area contributed by atoms with Gasteiger partial charge in [-0.3, -0.25) is 9.59 Å². The van der Waals surface area contributed by atoms with Gasteiger partial charge in [0.15, 0.2) is 0 Å². The van der Waals surface area contributed by atoms with Gasteiger partial charge in [-0.05, 0) is 25.8 Å². The zero-order chi connectivity index (χ0) is 12.7. The van der Waals surface area contributed by atoms with Gasteiger partial charge in [0.05, 0.1) is 5.92 Å². The van der Waals surface area contributed by atoms with Gasteiger partial charge < -0.3 is 16.2 Å². The Morgan fingerprint density at radius 1 is 1.24 bits per heavy atom. The maximum Gasteiger partial charge on any atom is 0.308 e. The Labute approximate surface area is 102 Å². The number of nitrogens with two attached hydrogens (primary N) is 1. The fourth-order valence-electron chi connectivity index (χ4n) is 2.32. The highest BCUT2D eigenvalue weighted by atomic mass is 16.4. The predicted octanol–water partition coefficient (Wildman–Crippen LogP) is 0.875. The van der Waals surface area contributed by atoms with Crippen molar-refractivity contribution in [2.24, 2.45) is 11.7 Å². The molecule has 0 aromatic heterocycles. The number of carbonyl (C=O) groups excluding carboxylic acids is 1. The van der Waals surface area contributed by atoms with Gasteiger partial charge in [0.1, 0.15) is 0 Å². The lowest BCUT2D eigenvalue weighted by atomic mass is 9.94. The van der Waals surface area contributed by atoms with E-state index in [0.29, 0.717) is 25.8 Å². The van der Waals surface area contributed by atoms with Crippen LogP contribution in [0.4, 0.5) is 0 Å². The van der Waals surface area contributed by atoms with E-state index in [2.05, 4.69) is 5.32 Å². The largest absolute Gasteiger partial charge is 0.481 e. The van der Waals surface area contributed by atoms with E-state index < -0.39 is 11.9 Å². The number of aliphatic carboxylic acids is 1. The molecule has 1 aliphatic rings. The van der Waals surface area contributed by atoms with Crippen molar-refractivity contribution in [3.8, 4) is 0 Å². The first-order chi connectivity index (χ1) is 8.15. The Balaban J connectivity index is 2.51. The van der Waals surface area contributed by atoms with Crippen LogP contribution in [0, 0.1) is 5.92 Å². The minimum atomic E-state index is -0.795. The molecule has 1 aliphatic carbocycles. The monoisotopic (exact) mass is 242 g/mol. The van der Waals surface area contributed by atoms with Crippen molar-refractivity contribution < 1.29 is 14.7 Å².